The van der Waals surface area contributed by atoms with E-state index in [0.29, 0.717) is 5.56 Å². The van der Waals surface area contributed by atoms with E-state index in [9.17, 15) is 9.59 Å². The molecule has 1 N–H and O–H groups in total. The fraction of sp³-hybridized carbons (Fsp3) is 0.467. The summed E-state index contributed by atoms with van der Waals surface area (Å²) in [5.41, 5.74) is 1.34. The molecule has 4 nitrogen and oxygen atoms in total. The molecule has 0 saturated carbocycles. The van der Waals surface area contributed by atoms with Crippen molar-refractivity contribution in [2.24, 2.45) is 5.92 Å². The second kappa shape index (κ2) is 6.92. The first kappa shape index (κ1) is 15.2. The first-order valence-electron chi connectivity index (χ1n) is 6.58. The molecular formula is C15H22N2O2. The van der Waals surface area contributed by atoms with E-state index in [4.69, 9.17) is 0 Å². The lowest BCUT2D eigenvalue weighted by molar-refractivity contribution is -0.119. The van der Waals surface area contributed by atoms with Crippen molar-refractivity contribution >= 4 is 17.5 Å². The van der Waals surface area contributed by atoms with Gasteiger partial charge in [0.05, 0.1) is 0 Å². The molecule has 0 aliphatic heterocycles. The second-order valence-corrected chi connectivity index (χ2v) is 4.96. The third-order valence-corrected chi connectivity index (χ3v) is 2.97. The number of hydrogen-bond donors (Lipinski definition) is 1. The van der Waals surface area contributed by atoms with Gasteiger partial charge in [0, 0.05) is 31.3 Å². The number of anilines is 1. The van der Waals surface area contributed by atoms with Crippen LogP contribution in [0.2, 0.25) is 0 Å². The summed E-state index contributed by atoms with van der Waals surface area (Å²) in [6.07, 6.45) is 1.87. The molecule has 0 radical (unpaired) electrons. The molecule has 0 aromatic heterocycles. The Labute approximate surface area is 114 Å². The van der Waals surface area contributed by atoms with E-state index in [0.717, 1.165) is 18.5 Å². The summed E-state index contributed by atoms with van der Waals surface area (Å²) >= 11 is 0. The predicted molar refractivity (Wildman–Crippen MR) is 77.2 cm³/mol. The molecule has 0 heterocycles. The zero-order valence-corrected chi connectivity index (χ0v) is 12.1. The van der Waals surface area contributed by atoms with Crippen LogP contribution >= 0.6 is 0 Å². The summed E-state index contributed by atoms with van der Waals surface area (Å²) in [5, 5.41) is 2.86. The Kier molecular flexibility index (Phi) is 5.55. The van der Waals surface area contributed by atoms with Crippen LogP contribution in [0.1, 0.15) is 37.0 Å². The Morgan fingerprint density at radius 3 is 2.26 bits per heavy atom. The number of benzene rings is 1. The molecular weight excluding hydrogens is 240 g/mol. The molecule has 1 unspecified atom stereocenters. The molecule has 19 heavy (non-hydrogen) atoms. The molecule has 0 aliphatic carbocycles. The minimum atomic E-state index is -0.0442. The minimum Gasteiger partial charge on any atom is -0.345 e. The van der Waals surface area contributed by atoms with Crippen LogP contribution in [0.5, 0.6) is 0 Å². The van der Waals surface area contributed by atoms with Gasteiger partial charge in [-0.1, -0.05) is 20.3 Å². The van der Waals surface area contributed by atoms with Crippen molar-refractivity contribution in [3.8, 4) is 0 Å². The van der Waals surface area contributed by atoms with Crippen molar-refractivity contribution in [2.75, 3.05) is 19.4 Å². The van der Waals surface area contributed by atoms with Gasteiger partial charge in [-0.15, -0.1) is 0 Å². The summed E-state index contributed by atoms with van der Waals surface area (Å²) in [6.45, 7) is 3.98. The number of carbonyl (C=O) groups is 2. The van der Waals surface area contributed by atoms with Gasteiger partial charge in [-0.25, -0.2) is 0 Å². The number of nitrogens with zero attached hydrogens (tertiary/aromatic N) is 1. The lowest BCUT2D eigenvalue weighted by Gasteiger charge is -2.13. The van der Waals surface area contributed by atoms with E-state index in [1.165, 1.54) is 4.90 Å². The molecule has 1 rings (SSSR count). The molecule has 0 fully saturated rings. The number of amides is 2. The van der Waals surface area contributed by atoms with Gasteiger partial charge in [-0.3, -0.25) is 9.59 Å². The third-order valence-electron chi connectivity index (χ3n) is 2.97. The first-order valence-corrected chi connectivity index (χ1v) is 6.58. The largest absolute Gasteiger partial charge is 0.345 e. The van der Waals surface area contributed by atoms with Crippen molar-refractivity contribution < 1.29 is 9.59 Å². The Bertz CT molecular complexity index is 438. The van der Waals surface area contributed by atoms with Gasteiger partial charge in [0.1, 0.15) is 0 Å². The normalized spacial score (nSPS) is 11.8. The quantitative estimate of drug-likeness (QED) is 0.887. The van der Waals surface area contributed by atoms with Crippen molar-refractivity contribution in [3.05, 3.63) is 29.8 Å². The molecule has 1 atom stereocenters. The third kappa shape index (κ3) is 4.39. The van der Waals surface area contributed by atoms with Gasteiger partial charge >= 0.3 is 0 Å². The number of rotatable bonds is 5. The van der Waals surface area contributed by atoms with Crippen molar-refractivity contribution in [3.63, 3.8) is 0 Å². The second-order valence-electron chi connectivity index (χ2n) is 4.96. The van der Waals surface area contributed by atoms with E-state index in [2.05, 4.69) is 12.2 Å². The topological polar surface area (TPSA) is 49.4 Å². The van der Waals surface area contributed by atoms with Crippen LogP contribution < -0.4 is 5.32 Å². The van der Waals surface area contributed by atoms with Gasteiger partial charge < -0.3 is 10.2 Å². The van der Waals surface area contributed by atoms with Gasteiger partial charge in [0.2, 0.25) is 5.91 Å². The monoisotopic (exact) mass is 262 g/mol. The maximum Gasteiger partial charge on any atom is 0.253 e. The van der Waals surface area contributed by atoms with Crippen LogP contribution in [0.4, 0.5) is 5.69 Å². The molecule has 0 bridgehead atoms. The molecule has 2 amide bonds. The van der Waals surface area contributed by atoms with Crippen LogP contribution in [-0.2, 0) is 4.79 Å². The van der Waals surface area contributed by atoms with Crippen LogP contribution in [-0.4, -0.2) is 30.8 Å². The molecule has 104 valence electrons. The Morgan fingerprint density at radius 2 is 1.79 bits per heavy atom. The Morgan fingerprint density at radius 1 is 1.21 bits per heavy atom. The highest BCUT2D eigenvalue weighted by atomic mass is 16.2. The standard InChI is InChI=1S/C15H22N2O2/c1-5-6-11(2)14(18)16-13-9-7-12(8-10-13)15(19)17(3)4/h7-11H,5-6H2,1-4H3,(H,16,18). The maximum atomic E-state index is 11.8. The van der Waals surface area contributed by atoms with Gasteiger partial charge in [0.15, 0.2) is 0 Å². The minimum absolute atomic E-state index is 0.00748. The van der Waals surface area contributed by atoms with Crippen molar-refractivity contribution in [1.29, 1.82) is 0 Å². The highest BCUT2D eigenvalue weighted by Crippen LogP contribution is 2.13. The van der Waals surface area contributed by atoms with E-state index >= 15 is 0 Å². The van der Waals surface area contributed by atoms with Crippen molar-refractivity contribution in [1.82, 2.24) is 4.90 Å². The van der Waals surface area contributed by atoms with Gasteiger partial charge in [-0.05, 0) is 30.7 Å². The van der Waals surface area contributed by atoms with Crippen LogP contribution in [0.15, 0.2) is 24.3 Å². The summed E-state index contributed by atoms with van der Waals surface area (Å²) in [6, 6.07) is 6.96. The molecule has 0 saturated heterocycles. The zero-order chi connectivity index (χ0) is 14.4. The van der Waals surface area contributed by atoms with E-state index in [1.54, 1.807) is 38.4 Å². The molecule has 1 aromatic rings. The fourth-order valence-corrected chi connectivity index (χ4v) is 1.78. The lowest BCUT2D eigenvalue weighted by Crippen LogP contribution is -2.22. The summed E-state index contributed by atoms with van der Waals surface area (Å²) in [7, 11) is 3.43. The van der Waals surface area contributed by atoms with E-state index in [1.807, 2.05) is 6.92 Å². The van der Waals surface area contributed by atoms with Gasteiger partial charge in [0.25, 0.3) is 5.91 Å². The Balaban J connectivity index is 2.67. The predicted octanol–water partition coefficient (Wildman–Crippen LogP) is 2.76. The number of nitrogens with one attached hydrogen (secondary N) is 1. The fourth-order valence-electron chi connectivity index (χ4n) is 1.78. The van der Waals surface area contributed by atoms with Crippen LogP contribution in [0, 0.1) is 5.92 Å². The smallest absolute Gasteiger partial charge is 0.253 e. The van der Waals surface area contributed by atoms with Crippen LogP contribution in [0.25, 0.3) is 0 Å². The highest BCUT2D eigenvalue weighted by Gasteiger charge is 2.12. The number of hydrogen-bond acceptors (Lipinski definition) is 2. The van der Waals surface area contributed by atoms with Crippen molar-refractivity contribution in [2.45, 2.75) is 26.7 Å². The van der Waals surface area contributed by atoms with Crippen LogP contribution in [0.3, 0.4) is 0 Å². The Hall–Kier alpha value is -1.84. The number of carbonyl (C=O) groups excluding carboxylic acids is 2. The lowest BCUT2D eigenvalue weighted by atomic mass is 10.1. The SMILES string of the molecule is CCCC(C)C(=O)Nc1ccc(C(=O)N(C)C)cc1. The summed E-state index contributed by atoms with van der Waals surface area (Å²) in [5.74, 6) is -0.0150. The average molecular weight is 262 g/mol. The molecule has 1 aromatic carbocycles. The summed E-state index contributed by atoms with van der Waals surface area (Å²) in [4.78, 5) is 25.1. The van der Waals surface area contributed by atoms with Gasteiger partial charge in [-0.2, -0.15) is 0 Å². The molecule has 4 heteroatoms. The average Bonchev–Trinajstić information content (AvgIpc) is 2.38. The summed E-state index contributed by atoms with van der Waals surface area (Å²) < 4.78 is 0. The highest BCUT2D eigenvalue weighted by molar-refractivity contribution is 5.95. The van der Waals surface area contributed by atoms with E-state index in [-0.39, 0.29) is 17.7 Å². The van der Waals surface area contributed by atoms with E-state index < -0.39 is 0 Å². The first-order chi connectivity index (χ1) is 8.95. The zero-order valence-electron chi connectivity index (χ0n) is 12.1. The molecule has 0 spiro atoms. The molecule has 0 aliphatic rings. The maximum absolute atomic E-state index is 11.8.